The minimum absolute atomic E-state index is 0.118. The van der Waals surface area contributed by atoms with Gasteiger partial charge in [0, 0.05) is 12.6 Å². The number of rotatable bonds is 10. The molecule has 7 nitrogen and oxygen atoms in total. The lowest BCUT2D eigenvalue weighted by molar-refractivity contribution is 0.0720. The first-order valence-electron chi connectivity index (χ1n) is 11.9. The van der Waals surface area contributed by atoms with E-state index in [-0.39, 0.29) is 17.1 Å². The molecule has 0 spiro atoms. The molecule has 0 radical (unpaired) electrons. The Morgan fingerprint density at radius 1 is 1.00 bits per heavy atom. The van der Waals surface area contributed by atoms with Gasteiger partial charge in [0.2, 0.25) is 5.76 Å². The van der Waals surface area contributed by atoms with Crippen LogP contribution in [0.4, 0.5) is 0 Å². The number of hydrogen-bond acceptors (Lipinski definition) is 6. The molecule has 0 fully saturated rings. The van der Waals surface area contributed by atoms with Crippen LogP contribution >= 0.6 is 0 Å². The fraction of sp³-hybridized carbons (Fsp3) is 0.407. The summed E-state index contributed by atoms with van der Waals surface area (Å²) in [5.74, 6) is 1.18. The van der Waals surface area contributed by atoms with Gasteiger partial charge in [0.1, 0.15) is 17.1 Å². The van der Waals surface area contributed by atoms with Crippen molar-refractivity contribution in [3.05, 3.63) is 69.6 Å². The Labute approximate surface area is 199 Å². The summed E-state index contributed by atoms with van der Waals surface area (Å²) in [7, 11) is 1.55. The first-order valence-corrected chi connectivity index (χ1v) is 11.9. The van der Waals surface area contributed by atoms with E-state index in [9.17, 15) is 9.59 Å². The molecule has 0 bridgehead atoms. The van der Waals surface area contributed by atoms with Crippen LogP contribution in [0.5, 0.6) is 11.5 Å². The molecule has 0 saturated heterocycles. The van der Waals surface area contributed by atoms with Crippen LogP contribution in [-0.4, -0.2) is 55.6 Å². The molecule has 1 aliphatic heterocycles. The lowest BCUT2D eigenvalue weighted by Crippen LogP contribution is -2.33. The second kappa shape index (κ2) is 10.3. The highest BCUT2D eigenvalue weighted by Gasteiger charge is 2.42. The highest BCUT2D eigenvalue weighted by atomic mass is 16.5. The predicted octanol–water partition coefficient (Wildman–Crippen LogP) is 4.48. The molecule has 0 aliphatic carbocycles. The van der Waals surface area contributed by atoms with Crippen molar-refractivity contribution in [1.82, 2.24) is 9.80 Å². The number of fused-ring (bicyclic) bond motifs is 2. The molecule has 4 rings (SSSR count). The van der Waals surface area contributed by atoms with Gasteiger partial charge in [0.05, 0.1) is 30.7 Å². The van der Waals surface area contributed by atoms with E-state index < -0.39 is 6.04 Å². The third kappa shape index (κ3) is 4.40. The van der Waals surface area contributed by atoms with Crippen LogP contribution in [0.1, 0.15) is 54.9 Å². The zero-order valence-electron chi connectivity index (χ0n) is 20.3. The highest BCUT2D eigenvalue weighted by molar-refractivity contribution is 5.99. The third-order valence-corrected chi connectivity index (χ3v) is 6.45. The van der Waals surface area contributed by atoms with Crippen molar-refractivity contribution in [1.29, 1.82) is 0 Å². The fourth-order valence-electron chi connectivity index (χ4n) is 4.62. The van der Waals surface area contributed by atoms with Gasteiger partial charge in [-0.25, -0.2) is 0 Å². The maximum absolute atomic E-state index is 13.6. The van der Waals surface area contributed by atoms with Gasteiger partial charge in [-0.3, -0.25) is 9.59 Å². The van der Waals surface area contributed by atoms with Gasteiger partial charge >= 0.3 is 0 Å². The summed E-state index contributed by atoms with van der Waals surface area (Å²) in [6.07, 6.45) is 0.802. The van der Waals surface area contributed by atoms with E-state index in [1.165, 1.54) is 0 Å². The maximum atomic E-state index is 13.6. The van der Waals surface area contributed by atoms with Gasteiger partial charge < -0.3 is 23.7 Å². The van der Waals surface area contributed by atoms with Gasteiger partial charge in [-0.05, 0) is 62.8 Å². The van der Waals surface area contributed by atoms with Crippen molar-refractivity contribution in [2.24, 2.45) is 0 Å². The zero-order chi connectivity index (χ0) is 24.2. The van der Waals surface area contributed by atoms with Crippen LogP contribution in [-0.2, 0) is 0 Å². The maximum Gasteiger partial charge on any atom is 0.290 e. The number of carbonyl (C=O) groups is 1. The zero-order valence-corrected chi connectivity index (χ0v) is 20.3. The van der Waals surface area contributed by atoms with Crippen molar-refractivity contribution in [3.8, 4) is 11.5 Å². The van der Waals surface area contributed by atoms with E-state index in [4.69, 9.17) is 13.9 Å². The van der Waals surface area contributed by atoms with Gasteiger partial charge in [-0.15, -0.1) is 0 Å². The summed E-state index contributed by atoms with van der Waals surface area (Å²) < 4.78 is 16.9. The van der Waals surface area contributed by atoms with E-state index >= 15 is 0 Å². The smallest absolute Gasteiger partial charge is 0.290 e. The molecule has 1 aromatic heterocycles. The lowest BCUT2D eigenvalue weighted by Gasteiger charge is -2.26. The van der Waals surface area contributed by atoms with Gasteiger partial charge in [0.25, 0.3) is 5.91 Å². The Morgan fingerprint density at radius 2 is 1.71 bits per heavy atom. The first-order chi connectivity index (χ1) is 16.5. The van der Waals surface area contributed by atoms with E-state index in [1.54, 1.807) is 30.2 Å². The minimum atomic E-state index is -0.502. The molecule has 1 aliphatic rings. The number of methoxy groups -OCH3 is 1. The van der Waals surface area contributed by atoms with E-state index in [0.29, 0.717) is 35.4 Å². The monoisotopic (exact) mass is 464 g/mol. The normalized spacial score (nSPS) is 15.3. The molecule has 2 heterocycles. The molecule has 1 unspecified atom stereocenters. The van der Waals surface area contributed by atoms with Crippen molar-refractivity contribution >= 4 is 16.9 Å². The second-order valence-corrected chi connectivity index (χ2v) is 8.32. The average Bonchev–Trinajstić information content (AvgIpc) is 3.14. The Hall–Kier alpha value is -3.32. The lowest BCUT2D eigenvalue weighted by atomic mass is 9.98. The van der Waals surface area contributed by atoms with Crippen LogP contribution in [0.15, 0.2) is 51.7 Å². The van der Waals surface area contributed by atoms with E-state index in [1.807, 2.05) is 31.2 Å². The topological polar surface area (TPSA) is 72.2 Å². The summed E-state index contributed by atoms with van der Waals surface area (Å²) in [4.78, 5) is 31.3. The SMILES string of the molecule is CCOc1ccc(C2c3c(oc4cc(OC)ccc4c3=O)C(=O)N2CCCN(CC)CC)cc1. The van der Waals surface area contributed by atoms with Gasteiger partial charge in [0.15, 0.2) is 5.43 Å². The van der Waals surface area contributed by atoms with Crippen molar-refractivity contribution in [2.75, 3.05) is 39.9 Å². The Kier molecular flexibility index (Phi) is 7.22. The number of ether oxygens (including phenoxy) is 2. The quantitative estimate of drug-likeness (QED) is 0.441. The molecular weight excluding hydrogens is 432 g/mol. The van der Waals surface area contributed by atoms with Crippen LogP contribution in [0, 0.1) is 0 Å². The average molecular weight is 465 g/mol. The van der Waals surface area contributed by atoms with E-state index in [2.05, 4.69) is 18.7 Å². The van der Waals surface area contributed by atoms with Crippen molar-refractivity contribution in [3.63, 3.8) is 0 Å². The van der Waals surface area contributed by atoms with E-state index in [0.717, 1.165) is 37.4 Å². The summed E-state index contributed by atoms with van der Waals surface area (Å²) in [5, 5.41) is 0.438. The highest BCUT2D eigenvalue weighted by Crippen LogP contribution is 2.39. The molecule has 0 N–H and O–H groups in total. The fourth-order valence-corrected chi connectivity index (χ4v) is 4.62. The number of hydrogen-bond donors (Lipinski definition) is 0. The van der Waals surface area contributed by atoms with Gasteiger partial charge in [-0.2, -0.15) is 0 Å². The van der Waals surface area contributed by atoms with Crippen LogP contribution in [0.25, 0.3) is 11.0 Å². The molecule has 2 aromatic carbocycles. The summed E-state index contributed by atoms with van der Waals surface area (Å²) in [5.41, 5.74) is 1.43. The molecule has 3 aromatic rings. The van der Waals surface area contributed by atoms with Crippen molar-refractivity contribution < 1.29 is 18.7 Å². The molecule has 1 atom stereocenters. The number of benzene rings is 2. The Morgan fingerprint density at radius 3 is 2.35 bits per heavy atom. The number of nitrogens with zero attached hydrogens (tertiary/aromatic N) is 2. The molecule has 1 amide bonds. The van der Waals surface area contributed by atoms with Crippen LogP contribution in [0.3, 0.4) is 0 Å². The molecule has 34 heavy (non-hydrogen) atoms. The summed E-state index contributed by atoms with van der Waals surface area (Å²) >= 11 is 0. The molecule has 7 heteroatoms. The Bertz CT molecular complexity index is 1210. The van der Waals surface area contributed by atoms with Crippen LogP contribution in [0.2, 0.25) is 0 Å². The summed E-state index contributed by atoms with van der Waals surface area (Å²) in [6, 6.07) is 12.2. The number of carbonyl (C=O) groups excluding carboxylic acids is 1. The summed E-state index contributed by atoms with van der Waals surface area (Å²) in [6.45, 7) is 10.1. The number of amides is 1. The first kappa shape index (κ1) is 23.8. The van der Waals surface area contributed by atoms with Gasteiger partial charge in [-0.1, -0.05) is 26.0 Å². The molecule has 180 valence electrons. The second-order valence-electron chi connectivity index (χ2n) is 8.32. The Balaban J connectivity index is 1.78. The molecule has 0 saturated carbocycles. The third-order valence-electron chi connectivity index (χ3n) is 6.45. The van der Waals surface area contributed by atoms with Crippen LogP contribution < -0.4 is 14.9 Å². The van der Waals surface area contributed by atoms with Crippen molar-refractivity contribution in [2.45, 2.75) is 33.2 Å². The minimum Gasteiger partial charge on any atom is -0.497 e. The predicted molar refractivity (Wildman–Crippen MR) is 132 cm³/mol. The molecular formula is C27H32N2O5. The largest absolute Gasteiger partial charge is 0.497 e. The standard InChI is InChI=1S/C27H32N2O5/c1-5-28(6-2)15-8-16-29-24(18-9-11-19(12-10-18)33-7-3)23-25(30)21-14-13-20(32-4)17-22(21)34-26(23)27(29)31/h9-14,17,24H,5-8,15-16H2,1-4H3.